The minimum Gasteiger partial charge on any atom is -0.317 e. The zero-order valence-corrected chi connectivity index (χ0v) is 13.7. The Balaban J connectivity index is 1.85. The molecule has 0 radical (unpaired) electrons. The van der Waals surface area contributed by atoms with Gasteiger partial charge in [-0.25, -0.2) is 0 Å². The Hall–Kier alpha value is -0.170. The van der Waals surface area contributed by atoms with Crippen LogP contribution in [0.25, 0.3) is 0 Å². The molecule has 20 heavy (non-hydrogen) atoms. The zero-order valence-electron chi connectivity index (χ0n) is 12.8. The summed E-state index contributed by atoms with van der Waals surface area (Å²) in [6, 6.07) is 0. The maximum absolute atomic E-state index is 12.6. The van der Waals surface area contributed by atoms with Crippen LogP contribution in [0.15, 0.2) is 0 Å². The summed E-state index contributed by atoms with van der Waals surface area (Å²) in [6.07, 6.45) is 3.96. The molecule has 2 heterocycles. The van der Waals surface area contributed by atoms with Crippen molar-refractivity contribution in [2.24, 2.45) is 11.8 Å². The van der Waals surface area contributed by atoms with Crippen LogP contribution in [0, 0.1) is 11.8 Å². The van der Waals surface area contributed by atoms with Gasteiger partial charge < -0.3 is 5.32 Å². The van der Waals surface area contributed by atoms with Gasteiger partial charge in [0.2, 0.25) is 0 Å². The molecule has 6 heteroatoms. The van der Waals surface area contributed by atoms with Gasteiger partial charge in [-0.05, 0) is 50.6 Å². The van der Waals surface area contributed by atoms with E-state index >= 15 is 0 Å². The largest absolute Gasteiger partial charge is 0.317 e. The van der Waals surface area contributed by atoms with Gasteiger partial charge in [-0.1, -0.05) is 13.8 Å². The number of nitrogens with one attached hydrogen (secondary N) is 1. The summed E-state index contributed by atoms with van der Waals surface area (Å²) in [4.78, 5) is 0. The molecule has 2 aliphatic rings. The quantitative estimate of drug-likeness (QED) is 0.832. The highest BCUT2D eigenvalue weighted by molar-refractivity contribution is 7.86. The molecule has 2 fully saturated rings. The van der Waals surface area contributed by atoms with Crippen LogP contribution < -0.4 is 5.32 Å². The molecule has 2 aliphatic heterocycles. The van der Waals surface area contributed by atoms with Crippen LogP contribution >= 0.6 is 0 Å². The molecule has 2 rings (SSSR count). The lowest BCUT2D eigenvalue weighted by Crippen LogP contribution is -2.50. The summed E-state index contributed by atoms with van der Waals surface area (Å²) in [6.45, 7) is 9.08. The minimum atomic E-state index is -3.21. The van der Waals surface area contributed by atoms with E-state index in [9.17, 15) is 8.42 Å². The van der Waals surface area contributed by atoms with E-state index in [0.29, 0.717) is 38.0 Å². The summed E-state index contributed by atoms with van der Waals surface area (Å²) < 4.78 is 28.6. The average Bonchev–Trinajstić information content (AvgIpc) is 2.46. The third kappa shape index (κ3) is 3.93. The first-order valence-electron chi connectivity index (χ1n) is 8.00. The lowest BCUT2D eigenvalue weighted by molar-refractivity contribution is 0.229. The highest BCUT2D eigenvalue weighted by Crippen LogP contribution is 2.24. The number of hydrogen-bond acceptors (Lipinski definition) is 3. The van der Waals surface area contributed by atoms with Gasteiger partial charge in [0, 0.05) is 26.2 Å². The monoisotopic (exact) mass is 303 g/mol. The number of rotatable bonds is 5. The Labute approximate surface area is 123 Å². The zero-order chi connectivity index (χ0) is 14.6. The van der Waals surface area contributed by atoms with Gasteiger partial charge in [0.15, 0.2) is 0 Å². The van der Waals surface area contributed by atoms with Crippen LogP contribution in [0.2, 0.25) is 0 Å². The molecule has 0 aromatic heterocycles. The smallest absolute Gasteiger partial charge is 0.281 e. The van der Waals surface area contributed by atoms with Gasteiger partial charge in [0.25, 0.3) is 10.2 Å². The Kier molecular flexibility index (Phi) is 5.84. The van der Waals surface area contributed by atoms with E-state index in [-0.39, 0.29) is 0 Å². The topological polar surface area (TPSA) is 52.7 Å². The molecule has 0 aliphatic carbocycles. The lowest BCUT2D eigenvalue weighted by Gasteiger charge is -2.37. The van der Waals surface area contributed by atoms with E-state index in [0.717, 1.165) is 38.8 Å². The molecule has 0 unspecified atom stereocenters. The van der Waals surface area contributed by atoms with Crippen LogP contribution in [-0.2, 0) is 10.2 Å². The van der Waals surface area contributed by atoms with Crippen molar-refractivity contribution in [2.75, 3.05) is 39.3 Å². The van der Waals surface area contributed by atoms with Crippen LogP contribution in [-0.4, -0.2) is 56.3 Å². The van der Waals surface area contributed by atoms with E-state index in [4.69, 9.17) is 0 Å². The van der Waals surface area contributed by atoms with E-state index in [1.54, 1.807) is 8.61 Å². The van der Waals surface area contributed by atoms with Crippen molar-refractivity contribution in [3.05, 3.63) is 0 Å². The van der Waals surface area contributed by atoms with E-state index in [2.05, 4.69) is 19.2 Å². The van der Waals surface area contributed by atoms with Gasteiger partial charge >= 0.3 is 0 Å². The molecular formula is C14H29N3O2S. The first-order chi connectivity index (χ1) is 9.54. The highest BCUT2D eigenvalue weighted by atomic mass is 32.2. The van der Waals surface area contributed by atoms with Gasteiger partial charge in [-0.2, -0.15) is 17.0 Å². The lowest BCUT2D eigenvalue weighted by atomic mass is 9.98. The Morgan fingerprint density at radius 2 is 1.50 bits per heavy atom. The molecule has 118 valence electrons. The molecule has 0 amide bonds. The summed E-state index contributed by atoms with van der Waals surface area (Å²) >= 11 is 0. The molecule has 0 atom stereocenters. The van der Waals surface area contributed by atoms with Crippen molar-refractivity contribution >= 4 is 10.2 Å². The highest BCUT2D eigenvalue weighted by Gasteiger charge is 2.34. The Bertz CT molecular complexity index is 383. The molecule has 0 aromatic carbocycles. The van der Waals surface area contributed by atoms with Crippen LogP contribution in [0.3, 0.4) is 0 Å². The Morgan fingerprint density at radius 3 is 2.00 bits per heavy atom. The summed E-state index contributed by atoms with van der Waals surface area (Å²) in [5, 5.41) is 3.36. The maximum Gasteiger partial charge on any atom is 0.281 e. The van der Waals surface area contributed by atoms with Gasteiger partial charge in [-0.3, -0.25) is 0 Å². The van der Waals surface area contributed by atoms with Crippen LogP contribution in [0.4, 0.5) is 0 Å². The molecule has 0 aromatic rings. The van der Waals surface area contributed by atoms with Crippen molar-refractivity contribution in [3.63, 3.8) is 0 Å². The van der Waals surface area contributed by atoms with Crippen LogP contribution in [0.1, 0.15) is 39.5 Å². The van der Waals surface area contributed by atoms with Gasteiger partial charge in [-0.15, -0.1) is 0 Å². The summed E-state index contributed by atoms with van der Waals surface area (Å²) in [5.74, 6) is 1.29. The SMILES string of the molecule is CCNCC1CCN(S(=O)(=O)N2CCC(C)CC2)CC1. The van der Waals surface area contributed by atoms with Gasteiger partial charge in [0.1, 0.15) is 0 Å². The first-order valence-corrected chi connectivity index (χ1v) is 9.39. The summed E-state index contributed by atoms with van der Waals surface area (Å²) in [5.41, 5.74) is 0. The van der Waals surface area contributed by atoms with Crippen molar-refractivity contribution in [1.29, 1.82) is 0 Å². The third-order valence-electron chi connectivity index (χ3n) is 4.65. The fraction of sp³-hybridized carbons (Fsp3) is 1.00. The van der Waals surface area contributed by atoms with Crippen molar-refractivity contribution in [3.8, 4) is 0 Å². The molecule has 0 saturated carbocycles. The second kappa shape index (κ2) is 7.20. The predicted molar refractivity (Wildman–Crippen MR) is 81.7 cm³/mol. The van der Waals surface area contributed by atoms with Crippen molar-refractivity contribution in [1.82, 2.24) is 13.9 Å². The maximum atomic E-state index is 12.6. The summed E-state index contributed by atoms with van der Waals surface area (Å²) in [7, 11) is -3.21. The fourth-order valence-corrected chi connectivity index (χ4v) is 4.74. The van der Waals surface area contributed by atoms with E-state index < -0.39 is 10.2 Å². The minimum absolute atomic E-state index is 0.628. The van der Waals surface area contributed by atoms with Crippen molar-refractivity contribution < 1.29 is 8.42 Å². The van der Waals surface area contributed by atoms with Gasteiger partial charge in [0.05, 0.1) is 0 Å². The molecule has 0 spiro atoms. The second-order valence-electron chi connectivity index (χ2n) is 6.24. The molecular weight excluding hydrogens is 274 g/mol. The fourth-order valence-electron chi connectivity index (χ4n) is 3.07. The predicted octanol–water partition coefficient (Wildman–Crippen LogP) is 1.28. The first kappa shape index (κ1) is 16.2. The molecule has 1 N–H and O–H groups in total. The van der Waals surface area contributed by atoms with Crippen LogP contribution in [0.5, 0.6) is 0 Å². The van der Waals surface area contributed by atoms with E-state index in [1.165, 1.54) is 0 Å². The second-order valence-corrected chi connectivity index (χ2v) is 8.17. The number of nitrogens with zero attached hydrogens (tertiary/aromatic N) is 2. The molecule has 2 saturated heterocycles. The number of hydrogen-bond donors (Lipinski definition) is 1. The molecule has 0 bridgehead atoms. The third-order valence-corrected chi connectivity index (χ3v) is 6.69. The van der Waals surface area contributed by atoms with Crippen molar-refractivity contribution in [2.45, 2.75) is 39.5 Å². The Morgan fingerprint density at radius 1 is 1.00 bits per heavy atom. The number of piperidine rings is 2. The van der Waals surface area contributed by atoms with E-state index in [1.807, 2.05) is 0 Å². The normalized spacial score (nSPS) is 25.1. The molecule has 5 nitrogen and oxygen atoms in total. The average molecular weight is 303 g/mol. The standard InChI is InChI=1S/C14H29N3O2S/c1-3-15-12-14-6-10-17(11-7-14)20(18,19)16-8-4-13(2)5-9-16/h13-15H,3-12H2,1-2H3.